The van der Waals surface area contributed by atoms with E-state index < -0.39 is 5.82 Å². The van der Waals surface area contributed by atoms with Crippen LogP contribution in [0.2, 0.25) is 5.02 Å². The molecule has 0 aliphatic carbocycles. The van der Waals surface area contributed by atoms with Crippen molar-refractivity contribution in [3.63, 3.8) is 0 Å². The van der Waals surface area contributed by atoms with Crippen LogP contribution in [0, 0.1) is 5.82 Å². The minimum absolute atomic E-state index is 0.0349. The lowest BCUT2D eigenvalue weighted by Crippen LogP contribution is -2.05. The number of benzene rings is 1. The Bertz CT molecular complexity index is 563. The fourth-order valence-corrected chi connectivity index (χ4v) is 1.69. The summed E-state index contributed by atoms with van der Waals surface area (Å²) in [6, 6.07) is 4.62. The summed E-state index contributed by atoms with van der Waals surface area (Å²) in [4.78, 5) is 8.39. The van der Waals surface area contributed by atoms with Gasteiger partial charge in [-0.1, -0.05) is 24.6 Å². The summed E-state index contributed by atoms with van der Waals surface area (Å²) in [6.07, 6.45) is 4.24. The highest BCUT2D eigenvalue weighted by atomic mass is 35.5. The molecule has 0 atom stereocenters. The van der Waals surface area contributed by atoms with Crippen molar-refractivity contribution in [1.29, 1.82) is 0 Å². The Morgan fingerprint density at radius 1 is 1.30 bits per heavy atom. The number of nitrogens with one attached hydrogen (secondary N) is 1. The molecule has 1 aromatic heterocycles. The van der Waals surface area contributed by atoms with Crippen molar-refractivity contribution in [2.75, 3.05) is 11.9 Å². The number of ether oxygens (including phenoxy) is 1. The van der Waals surface area contributed by atoms with Crippen LogP contribution in [-0.4, -0.2) is 16.5 Å². The third-order valence-electron chi connectivity index (χ3n) is 2.55. The molecular weight excluding hydrogens is 281 g/mol. The number of hydrogen-bond acceptors (Lipinski definition) is 4. The first-order valence-electron chi connectivity index (χ1n) is 6.32. The van der Waals surface area contributed by atoms with E-state index in [1.807, 2.05) is 0 Å². The summed E-state index contributed by atoms with van der Waals surface area (Å²) in [6.45, 7) is 3.05. The molecule has 1 N–H and O–H groups in total. The first-order valence-corrected chi connectivity index (χ1v) is 6.70. The number of rotatable bonds is 6. The second kappa shape index (κ2) is 7.05. The van der Waals surface area contributed by atoms with Crippen molar-refractivity contribution in [2.45, 2.75) is 20.0 Å². The number of anilines is 1. The minimum atomic E-state index is -0.566. The number of nitrogens with zero attached hydrogens (tertiary/aromatic N) is 2. The topological polar surface area (TPSA) is 47.0 Å². The molecule has 0 saturated heterocycles. The van der Waals surface area contributed by atoms with E-state index >= 15 is 0 Å². The van der Waals surface area contributed by atoms with Crippen molar-refractivity contribution >= 4 is 17.4 Å². The van der Waals surface area contributed by atoms with E-state index in [1.54, 1.807) is 18.5 Å². The average Bonchev–Trinajstić information content (AvgIpc) is 2.48. The van der Waals surface area contributed by atoms with Crippen LogP contribution in [0.5, 0.6) is 5.75 Å². The van der Waals surface area contributed by atoms with E-state index in [1.165, 1.54) is 12.1 Å². The molecule has 0 aliphatic heterocycles. The zero-order valence-electron chi connectivity index (χ0n) is 11.1. The van der Waals surface area contributed by atoms with Gasteiger partial charge in [0.15, 0.2) is 11.6 Å². The molecule has 0 unspecified atom stereocenters. The molecule has 0 fully saturated rings. The molecule has 20 heavy (non-hydrogen) atoms. The molecule has 0 spiro atoms. The largest absolute Gasteiger partial charge is 0.484 e. The highest BCUT2D eigenvalue weighted by Crippen LogP contribution is 2.24. The van der Waals surface area contributed by atoms with Crippen molar-refractivity contribution in [2.24, 2.45) is 0 Å². The van der Waals surface area contributed by atoms with E-state index in [0.29, 0.717) is 11.5 Å². The van der Waals surface area contributed by atoms with Gasteiger partial charge in [-0.15, -0.1) is 0 Å². The van der Waals surface area contributed by atoms with Crippen LogP contribution >= 0.6 is 11.6 Å². The third-order valence-corrected chi connectivity index (χ3v) is 2.85. The van der Waals surface area contributed by atoms with Gasteiger partial charge in [0.2, 0.25) is 0 Å². The van der Waals surface area contributed by atoms with Crippen LogP contribution in [-0.2, 0) is 6.61 Å². The number of aromatic nitrogens is 2. The molecule has 0 bridgehead atoms. The summed E-state index contributed by atoms with van der Waals surface area (Å²) in [5, 5.41) is 3.15. The molecule has 2 aromatic rings. The first-order chi connectivity index (χ1) is 9.70. The Morgan fingerprint density at radius 2 is 2.15 bits per heavy atom. The molecule has 4 nitrogen and oxygen atoms in total. The lowest BCUT2D eigenvalue weighted by atomic mass is 10.3. The molecule has 0 radical (unpaired) electrons. The van der Waals surface area contributed by atoms with Crippen LogP contribution in [0.4, 0.5) is 10.2 Å². The standard InChI is InChI=1S/C14H15ClFN3O/c1-2-6-17-13-8-18-10(7-19-13)9-20-12-5-3-4-11(15)14(12)16/h3-5,7-8H,2,6,9H2,1H3,(H,17,19). The van der Waals surface area contributed by atoms with E-state index in [4.69, 9.17) is 16.3 Å². The molecule has 1 aromatic carbocycles. The van der Waals surface area contributed by atoms with Gasteiger partial charge < -0.3 is 10.1 Å². The Labute approximate surface area is 122 Å². The van der Waals surface area contributed by atoms with Gasteiger partial charge in [0.25, 0.3) is 0 Å². The fourth-order valence-electron chi connectivity index (χ4n) is 1.52. The van der Waals surface area contributed by atoms with Crippen molar-refractivity contribution in [3.05, 3.63) is 47.1 Å². The Morgan fingerprint density at radius 3 is 2.85 bits per heavy atom. The Hall–Kier alpha value is -1.88. The van der Waals surface area contributed by atoms with Gasteiger partial charge in [-0.05, 0) is 18.6 Å². The third kappa shape index (κ3) is 3.81. The number of hydrogen-bond donors (Lipinski definition) is 1. The Kier molecular flexibility index (Phi) is 5.12. The maximum Gasteiger partial charge on any atom is 0.183 e. The van der Waals surface area contributed by atoms with Crippen molar-refractivity contribution < 1.29 is 9.13 Å². The first kappa shape index (κ1) is 14.5. The van der Waals surface area contributed by atoms with Gasteiger partial charge in [-0.2, -0.15) is 0 Å². The summed E-state index contributed by atoms with van der Waals surface area (Å²) >= 11 is 5.67. The predicted octanol–water partition coefficient (Wildman–Crippen LogP) is 3.67. The normalized spacial score (nSPS) is 10.3. The monoisotopic (exact) mass is 295 g/mol. The smallest absolute Gasteiger partial charge is 0.183 e. The maximum atomic E-state index is 13.6. The van der Waals surface area contributed by atoms with Crippen LogP contribution in [0.15, 0.2) is 30.6 Å². The van der Waals surface area contributed by atoms with E-state index in [9.17, 15) is 4.39 Å². The molecule has 106 valence electrons. The SMILES string of the molecule is CCCNc1cnc(COc2cccc(Cl)c2F)cn1. The molecule has 0 amide bonds. The summed E-state index contributed by atoms with van der Waals surface area (Å²) in [5.74, 6) is 0.250. The van der Waals surface area contributed by atoms with Gasteiger partial charge in [0.05, 0.1) is 23.1 Å². The lowest BCUT2D eigenvalue weighted by molar-refractivity contribution is 0.285. The zero-order chi connectivity index (χ0) is 14.4. The van der Waals surface area contributed by atoms with Gasteiger partial charge in [0.1, 0.15) is 12.4 Å². The highest BCUT2D eigenvalue weighted by molar-refractivity contribution is 6.30. The second-order valence-corrected chi connectivity index (χ2v) is 4.57. The van der Waals surface area contributed by atoms with Gasteiger partial charge >= 0.3 is 0 Å². The van der Waals surface area contributed by atoms with Crippen LogP contribution < -0.4 is 10.1 Å². The minimum Gasteiger partial charge on any atom is -0.484 e. The molecule has 0 aliphatic rings. The second-order valence-electron chi connectivity index (χ2n) is 4.16. The van der Waals surface area contributed by atoms with E-state index in [0.717, 1.165) is 13.0 Å². The molecule has 1 heterocycles. The lowest BCUT2D eigenvalue weighted by Gasteiger charge is -2.08. The highest BCUT2D eigenvalue weighted by Gasteiger charge is 2.07. The molecule has 6 heteroatoms. The predicted molar refractivity (Wildman–Crippen MR) is 76.6 cm³/mol. The summed E-state index contributed by atoms with van der Waals surface area (Å²) < 4.78 is 18.9. The van der Waals surface area contributed by atoms with Gasteiger partial charge in [0, 0.05) is 6.54 Å². The van der Waals surface area contributed by atoms with Gasteiger partial charge in [-0.3, -0.25) is 4.98 Å². The summed E-state index contributed by atoms with van der Waals surface area (Å²) in [7, 11) is 0. The van der Waals surface area contributed by atoms with Crippen LogP contribution in [0.25, 0.3) is 0 Å². The van der Waals surface area contributed by atoms with Crippen molar-refractivity contribution in [3.8, 4) is 5.75 Å². The maximum absolute atomic E-state index is 13.6. The molecule has 2 rings (SSSR count). The molecular formula is C14H15ClFN3O. The zero-order valence-corrected chi connectivity index (χ0v) is 11.8. The fraction of sp³-hybridized carbons (Fsp3) is 0.286. The quantitative estimate of drug-likeness (QED) is 0.883. The van der Waals surface area contributed by atoms with E-state index in [-0.39, 0.29) is 17.4 Å². The molecule has 0 saturated carbocycles. The Balaban J connectivity index is 1.95. The average molecular weight is 296 g/mol. The van der Waals surface area contributed by atoms with E-state index in [2.05, 4.69) is 22.2 Å². The number of halogens is 2. The van der Waals surface area contributed by atoms with Gasteiger partial charge in [-0.25, -0.2) is 9.37 Å². The summed E-state index contributed by atoms with van der Waals surface area (Å²) in [5.41, 5.74) is 0.617. The van der Waals surface area contributed by atoms with Crippen molar-refractivity contribution in [1.82, 2.24) is 9.97 Å². The van der Waals surface area contributed by atoms with Crippen LogP contribution in [0.1, 0.15) is 19.0 Å². The van der Waals surface area contributed by atoms with Crippen LogP contribution in [0.3, 0.4) is 0 Å².